The van der Waals surface area contributed by atoms with Gasteiger partial charge in [0, 0.05) is 24.0 Å². The van der Waals surface area contributed by atoms with Gasteiger partial charge in [-0.25, -0.2) is 9.37 Å². The Labute approximate surface area is 178 Å². The van der Waals surface area contributed by atoms with E-state index in [2.05, 4.69) is 4.98 Å². The predicted molar refractivity (Wildman–Crippen MR) is 112 cm³/mol. The number of rotatable bonds is 8. The highest BCUT2D eigenvalue weighted by Crippen LogP contribution is 2.31. The molecule has 0 amide bonds. The highest BCUT2D eigenvalue weighted by atomic mass is 35.5. The smallest absolute Gasteiger partial charge is 0.181 e. The molecule has 0 saturated carbocycles. The van der Waals surface area contributed by atoms with Crippen molar-refractivity contribution in [1.82, 2.24) is 4.98 Å². The van der Waals surface area contributed by atoms with Gasteiger partial charge in [-0.05, 0) is 54.6 Å². The molecular weight excluding hydrogens is 409 g/mol. The Morgan fingerprint density at radius 3 is 2.27 bits per heavy atom. The number of hydrogen-bond donors (Lipinski definition) is 0. The van der Waals surface area contributed by atoms with Gasteiger partial charge in [-0.2, -0.15) is 0 Å². The molecule has 0 bridgehead atoms. The fourth-order valence-electron chi connectivity index (χ4n) is 2.89. The Morgan fingerprint density at radius 1 is 0.933 bits per heavy atom. The number of Topliss-reactive ketones (excluding diaryl/α,β-unsaturated/α-hetero) is 2. The first-order valence-electron chi connectivity index (χ1n) is 9.14. The Kier molecular flexibility index (Phi) is 6.79. The third kappa shape index (κ3) is 4.83. The molecule has 0 aliphatic rings. The zero-order valence-electron chi connectivity index (χ0n) is 16.4. The van der Waals surface area contributed by atoms with Crippen molar-refractivity contribution < 1.29 is 23.5 Å². The van der Waals surface area contributed by atoms with Crippen molar-refractivity contribution in [3.05, 3.63) is 76.7 Å². The van der Waals surface area contributed by atoms with E-state index in [-0.39, 0.29) is 35.1 Å². The quantitative estimate of drug-likeness (QED) is 0.450. The van der Waals surface area contributed by atoms with Crippen molar-refractivity contribution in [3.8, 4) is 22.8 Å². The molecule has 2 aromatic carbocycles. The molecule has 0 saturated heterocycles. The summed E-state index contributed by atoms with van der Waals surface area (Å²) in [6, 6.07) is 14.0. The normalized spacial score (nSPS) is 10.5. The number of hydrogen-bond acceptors (Lipinski definition) is 5. The SMILES string of the molecule is COc1ccc(C(=O)CCC(=O)c2ccc(OC)c(-c3ccc(F)c(Cl)c3)n2)cc1. The summed E-state index contributed by atoms with van der Waals surface area (Å²) in [6.07, 6.45) is 0.0599. The molecule has 0 fully saturated rings. The maximum atomic E-state index is 13.5. The summed E-state index contributed by atoms with van der Waals surface area (Å²) in [5.74, 6) is 0.0877. The van der Waals surface area contributed by atoms with Gasteiger partial charge in [0.05, 0.1) is 19.2 Å². The first-order chi connectivity index (χ1) is 14.4. The monoisotopic (exact) mass is 427 g/mol. The zero-order chi connectivity index (χ0) is 21.7. The number of aromatic nitrogens is 1. The highest BCUT2D eigenvalue weighted by Gasteiger charge is 2.16. The molecule has 3 rings (SSSR count). The fourth-order valence-corrected chi connectivity index (χ4v) is 3.07. The van der Waals surface area contributed by atoms with Gasteiger partial charge in [0.25, 0.3) is 0 Å². The van der Waals surface area contributed by atoms with Crippen LogP contribution in [0.3, 0.4) is 0 Å². The minimum absolute atomic E-state index is 0.00774. The molecule has 0 atom stereocenters. The van der Waals surface area contributed by atoms with Crippen LogP contribution >= 0.6 is 11.6 Å². The number of benzene rings is 2. The number of methoxy groups -OCH3 is 2. The fraction of sp³-hybridized carbons (Fsp3) is 0.174. The van der Waals surface area contributed by atoms with Crippen LogP contribution < -0.4 is 9.47 Å². The summed E-state index contributed by atoms with van der Waals surface area (Å²) < 4.78 is 23.9. The van der Waals surface area contributed by atoms with Crippen LogP contribution in [0, 0.1) is 5.82 Å². The van der Waals surface area contributed by atoms with E-state index in [9.17, 15) is 14.0 Å². The van der Waals surface area contributed by atoms with Gasteiger partial charge >= 0.3 is 0 Å². The van der Waals surface area contributed by atoms with Crippen molar-refractivity contribution >= 4 is 23.2 Å². The average Bonchev–Trinajstić information content (AvgIpc) is 2.78. The van der Waals surface area contributed by atoms with Crippen LogP contribution in [0.1, 0.15) is 33.7 Å². The van der Waals surface area contributed by atoms with Crippen LogP contribution in [0.5, 0.6) is 11.5 Å². The molecule has 7 heteroatoms. The second-order valence-corrected chi connectivity index (χ2v) is 6.86. The first kappa shape index (κ1) is 21.5. The van der Waals surface area contributed by atoms with E-state index >= 15 is 0 Å². The molecule has 30 heavy (non-hydrogen) atoms. The van der Waals surface area contributed by atoms with Crippen LogP contribution in [0.15, 0.2) is 54.6 Å². The van der Waals surface area contributed by atoms with E-state index in [1.165, 1.54) is 31.4 Å². The van der Waals surface area contributed by atoms with Crippen molar-refractivity contribution in [3.63, 3.8) is 0 Å². The van der Waals surface area contributed by atoms with Crippen LogP contribution in [0.25, 0.3) is 11.3 Å². The van der Waals surface area contributed by atoms with Gasteiger partial charge in [-0.1, -0.05) is 11.6 Å². The number of ether oxygens (including phenoxy) is 2. The molecule has 0 aliphatic heterocycles. The Balaban J connectivity index is 1.77. The summed E-state index contributed by atoms with van der Waals surface area (Å²) in [5, 5.41) is -0.0572. The maximum absolute atomic E-state index is 13.5. The summed E-state index contributed by atoms with van der Waals surface area (Å²) in [7, 11) is 3.02. The Morgan fingerprint density at radius 2 is 1.63 bits per heavy atom. The zero-order valence-corrected chi connectivity index (χ0v) is 17.2. The van der Waals surface area contributed by atoms with Crippen molar-refractivity contribution in [2.75, 3.05) is 14.2 Å². The number of nitrogens with zero attached hydrogens (tertiary/aromatic N) is 1. The average molecular weight is 428 g/mol. The minimum Gasteiger partial charge on any atom is -0.497 e. The number of ketones is 2. The Hall–Kier alpha value is -3.25. The topological polar surface area (TPSA) is 65.5 Å². The second kappa shape index (κ2) is 9.50. The maximum Gasteiger partial charge on any atom is 0.181 e. The lowest BCUT2D eigenvalue weighted by Crippen LogP contribution is -2.08. The lowest BCUT2D eigenvalue weighted by molar-refractivity contribution is 0.0915. The lowest BCUT2D eigenvalue weighted by Gasteiger charge is -2.10. The largest absolute Gasteiger partial charge is 0.497 e. The number of pyridine rings is 1. The molecule has 0 aliphatic carbocycles. The molecule has 3 aromatic rings. The van der Waals surface area contributed by atoms with Crippen LogP contribution in [-0.2, 0) is 0 Å². The van der Waals surface area contributed by atoms with Gasteiger partial charge in [-0.3, -0.25) is 9.59 Å². The minimum atomic E-state index is -0.552. The predicted octanol–water partition coefficient (Wildman–Crippen LogP) is 5.40. The van der Waals surface area contributed by atoms with E-state index in [1.54, 1.807) is 37.4 Å². The van der Waals surface area contributed by atoms with Gasteiger partial charge in [0.2, 0.25) is 0 Å². The van der Waals surface area contributed by atoms with Gasteiger partial charge in [0.15, 0.2) is 11.6 Å². The number of halogens is 2. The summed E-state index contributed by atoms with van der Waals surface area (Å²) in [6.45, 7) is 0. The summed E-state index contributed by atoms with van der Waals surface area (Å²) >= 11 is 5.87. The van der Waals surface area contributed by atoms with Crippen molar-refractivity contribution in [2.45, 2.75) is 12.8 Å². The molecule has 1 aromatic heterocycles. The molecule has 1 heterocycles. The van der Waals surface area contributed by atoms with E-state index < -0.39 is 5.82 Å². The summed E-state index contributed by atoms with van der Waals surface area (Å²) in [5.41, 5.74) is 1.58. The third-order valence-electron chi connectivity index (χ3n) is 4.55. The van der Waals surface area contributed by atoms with Gasteiger partial charge in [0.1, 0.15) is 28.7 Å². The highest BCUT2D eigenvalue weighted by molar-refractivity contribution is 6.31. The van der Waals surface area contributed by atoms with E-state index in [0.29, 0.717) is 28.3 Å². The van der Waals surface area contributed by atoms with E-state index in [1.807, 2.05) is 0 Å². The first-order valence-corrected chi connectivity index (χ1v) is 9.51. The molecule has 0 spiro atoms. The second-order valence-electron chi connectivity index (χ2n) is 6.45. The molecule has 0 unspecified atom stereocenters. The van der Waals surface area contributed by atoms with Crippen molar-refractivity contribution in [2.24, 2.45) is 0 Å². The summed E-state index contributed by atoms with van der Waals surface area (Å²) in [4.78, 5) is 29.4. The molecule has 5 nitrogen and oxygen atoms in total. The number of carbonyl (C=O) groups excluding carboxylic acids is 2. The van der Waals surface area contributed by atoms with Crippen LogP contribution in [-0.4, -0.2) is 30.8 Å². The van der Waals surface area contributed by atoms with Crippen LogP contribution in [0.2, 0.25) is 5.02 Å². The molecule has 154 valence electrons. The standard InChI is InChI=1S/C23H19ClFNO4/c1-29-16-6-3-14(4-7-16)20(27)10-11-21(28)19-9-12-22(30-2)23(26-19)15-5-8-18(25)17(24)13-15/h3-9,12-13H,10-11H2,1-2H3. The van der Waals surface area contributed by atoms with E-state index in [4.69, 9.17) is 21.1 Å². The van der Waals surface area contributed by atoms with E-state index in [0.717, 1.165) is 0 Å². The third-order valence-corrected chi connectivity index (χ3v) is 4.84. The van der Waals surface area contributed by atoms with Crippen molar-refractivity contribution in [1.29, 1.82) is 0 Å². The molecule has 0 N–H and O–H groups in total. The molecular formula is C23H19ClFNO4. The van der Waals surface area contributed by atoms with Crippen LogP contribution in [0.4, 0.5) is 4.39 Å². The Bertz CT molecular complexity index is 1080. The number of carbonyl (C=O) groups is 2. The van der Waals surface area contributed by atoms with Gasteiger partial charge in [-0.15, -0.1) is 0 Å². The molecule has 0 radical (unpaired) electrons. The van der Waals surface area contributed by atoms with Gasteiger partial charge < -0.3 is 9.47 Å². The lowest BCUT2D eigenvalue weighted by atomic mass is 10.0.